The number of methoxy groups -OCH3 is 3. The summed E-state index contributed by atoms with van der Waals surface area (Å²) in [5.41, 5.74) is 1.54. The van der Waals surface area contributed by atoms with Gasteiger partial charge in [-0.25, -0.2) is 0 Å². The maximum Gasteiger partial charge on any atom is 0.245 e. The van der Waals surface area contributed by atoms with E-state index in [1.54, 1.807) is 50.1 Å². The smallest absolute Gasteiger partial charge is 0.245 e. The number of rotatable bonds is 21. The summed E-state index contributed by atoms with van der Waals surface area (Å²) in [6, 6.07) is 4.94. The first kappa shape index (κ1) is 45.8. The predicted octanol–water partition coefficient (Wildman–Crippen LogP) is 3.22. The van der Waals surface area contributed by atoms with Crippen molar-refractivity contribution < 1.29 is 38.2 Å². The van der Waals surface area contributed by atoms with Crippen LogP contribution in [0.1, 0.15) is 83.7 Å². The Bertz CT molecular complexity index is 1350. The van der Waals surface area contributed by atoms with Crippen molar-refractivity contribution in [2.75, 3.05) is 48.5 Å². The number of amides is 4. The van der Waals surface area contributed by atoms with E-state index in [1.807, 2.05) is 60.6 Å². The lowest BCUT2D eigenvalue weighted by atomic mass is 9.89. The number of hydrogen-bond acceptors (Lipinski definition) is 9. The van der Waals surface area contributed by atoms with Crippen LogP contribution >= 0.6 is 0 Å². The van der Waals surface area contributed by atoms with E-state index in [9.17, 15) is 24.0 Å². The van der Waals surface area contributed by atoms with E-state index < -0.39 is 42.3 Å². The van der Waals surface area contributed by atoms with Gasteiger partial charge in [-0.15, -0.1) is 0 Å². The van der Waals surface area contributed by atoms with E-state index in [4.69, 9.17) is 14.2 Å². The fourth-order valence-corrected chi connectivity index (χ4v) is 7.37. The van der Waals surface area contributed by atoms with Gasteiger partial charge in [-0.1, -0.05) is 84.7 Å². The lowest BCUT2D eigenvalue weighted by Crippen LogP contribution is -2.59. The number of likely N-dealkylation sites (N-methyl/N-ethyl adjacent to an activating group) is 2. The second kappa shape index (κ2) is 21.5. The Labute approximate surface area is 317 Å². The number of carbonyl (C=O) groups excluding carboxylic acids is 5. The molecule has 0 aliphatic carbocycles. The first-order valence-electron chi connectivity index (χ1n) is 19.0. The van der Waals surface area contributed by atoms with E-state index in [2.05, 4.69) is 16.0 Å². The van der Waals surface area contributed by atoms with Crippen LogP contribution in [0.2, 0.25) is 0 Å². The molecule has 13 heteroatoms. The number of Topliss-reactive ketones (excluding diaryl/α,β-unsaturated/α-hetero) is 1. The van der Waals surface area contributed by atoms with E-state index in [-0.39, 0.29) is 66.2 Å². The first-order valence-corrected chi connectivity index (χ1v) is 19.0. The van der Waals surface area contributed by atoms with E-state index in [0.29, 0.717) is 24.9 Å². The largest absolute Gasteiger partial charge is 0.380 e. The van der Waals surface area contributed by atoms with Crippen molar-refractivity contribution >= 4 is 29.4 Å². The van der Waals surface area contributed by atoms with Gasteiger partial charge >= 0.3 is 0 Å². The van der Waals surface area contributed by atoms with E-state index in [0.717, 1.165) is 5.56 Å². The minimum atomic E-state index is -0.783. The number of likely N-dealkylation sites (tertiary alicyclic amines) is 1. The lowest BCUT2D eigenvalue weighted by molar-refractivity contribution is -0.147. The number of aryl methyl sites for hydroxylation is 1. The van der Waals surface area contributed by atoms with Crippen molar-refractivity contribution in [1.82, 2.24) is 25.8 Å². The van der Waals surface area contributed by atoms with Crippen LogP contribution in [-0.2, 0) is 33.4 Å². The maximum atomic E-state index is 14.3. The molecule has 0 radical (unpaired) electrons. The normalized spacial score (nSPS) is 19.9. The molecule has 0 aromatic heterocycles. The van der Waals surface area contributed by atoms with Gasteiger partial charge in [-0.05, 0) is 38.1 Å². The van der Waals surface area contributed by atoms with Crippen LogP contribution in [0.4, 0.5) is 0 Å². The number of hydrogen-bond donors (Lipinski definition) is 3. The number of ketones is 1. The quantitative estimate of drug-likeness (QED) is 0.161. The minimum absolute atomic E-state index is 0.0212. The summed E-state index contributed by atoms with van der Waals surface area (Å²) in [4.78, 5) is 71.1. The molecule has 1 aliphatic heterocycles. The van der Waals surface area contributed by atoms with Gasteiger partial charge in [0.15, 0.2) is 5.78 Å². The first-order chi connectivity index (χ1) is 25.0. The van der Waals surface area contributed by atoms with Crippen molar-refractivity contribution in [2.24, 2.45) is 23.7 Å². The van der Waals surface area contributed by atoms with E-state index >= 15 is 0 Å². The molecular formula is C40H67N5O8. The number of nitrogens with zero attached hydrogens (tertiary/aromatic N) is 2. The molecule has 1 heterocycles. The highest BCUT2D eigenvalue weighted by Crippen LogP contribution is 2.31. The summed E-state index contributed by atoms with van der Waals surface area (Å²) >= 11 is 0. The molecule has 0 saturated carbocycles. The van der Waals surface area contributed by atoms with Crippen LogP contribution in [0.3, 0.4) is 0 Å². The zero-order valence-electron chi connectivity index (χ0n) is 34.4. The van der Waals surface area contributed by atoms with Gasteiger partial charge in [0.25, 0.3) is 0 Å². The van der Waals surface area contributed by atoms with Crippen LogP contribution in [0.5, 0.6) is 0 Å². The number of carbonyl (C=O) groups is 5. The molecule has 4 amide bonds. The third-order valence-electron chi connectivity index (χ3n) is 10.9. The predicted molar refractivity (Wildman–Crippen MR) is 205 cm³/mol. The van der Waals surface area contributed by atoms with Crippen molar-refractivity contribution in [1.29, 1.82) is 0 Å². The molecule has 0 unspecified atom stereocenters. The standard InChI is InChI=1S/C40H67N5O8/c1-14-26(7)36(44(10)40(50)35(24(4)5)43-39(49)34(41-9)23(2)3)32(52-12)20-33(47)45-22-29(51-11)19-30(45)37(53-13)27(8)38(48)42-21-31(46)28-17-15-25(6)16-18-28/h15-18,23-24,26-27,29-30,32,34-37,41H,14,19-22H2,1-13H3,(H,42,48)(H,43,49)/t26-,27+,29+,30-,32-,34-,35-,36-,37+/m0/s1. The van der Waals surface area contributed by atoms with Crippen LogP contribution in [0, 0.1) is 30.6 Å². The van der Waals surface area contributed by atoms with Crippen LogP contribution in [-0.4, -0.2) is 130 Å². The molecular weight excluding hydrogens is 678 g/mol. The third-order valence-corrected chi connectivity index (χ3v) is 10.9. The van der Waals surface area contributed by atoms with Crippen LogP contribution in [0.25, 0.3) is 0 Å². The summed E-state index contributed by atoms with van der Waals surface area (Å²) in [5.74, 6) is -2.22. The summed E-state index contributed by atoms with van der Waals surface area (Å²) in [6.45, 7) is 15.5. The highest BCUT2D eigenvalue weighted by atomic mass is 16.5. The number of ether oxygens (including phenoxy) is 3. The fourth-order valence-electron chi connectivity index (χ4n) is 7.37. The van der Waals surface area contributed by atoms with E-state index in [1.165, 1.54) is 14.2 Å². The van der Waals surface area contributed by atoms with Gasteiger partial charge in [0, 0.05) is 40.5 Å². The minimum Gasteiger partial charge on any atom is -0.380 e. The Balaban J connectivity index is 2.29. The summed E-state index contributed by atoms with van der Waals surface area (Å²) in [6.07, 6.45) is -0.512. The molecule has 3 N–H and O–H groups in total. The molecule has 53 heavy (non-hydrogen) atoms. The Hall–Kier alpha value is -3.39. The summed E-state index contributed by atoms with van der Waals surface area (Å²) in [5, 5.41) is 8.77. The second-order valence-electron chi connectivity index (χ2n) is 15.2. The fraction of sp³-hybridized carbons (Fsp3) is 0.725. The molecule has 13 nitrogen and oxygen atoms in total. The number of benzene rings is 1. The lowest BCUT2D eigenvalue weighted by Gasteiger charge is -2.41. The molecule has 0 spiro atoms. The summed E-state index contributed by atoms with van der Waals surface area (Å²) in [7, 11) is 8.07. The maximum absolute atomic E-state index is 14.3. The molecule has 1 fully saturated rings. The van der Waals surface area contributed by atoms with Crippen molar-refractivity contribution in [3.8, 4) is 0 Å². The van der Waals surface area contributed by atoms with Gasteiger partial charge in [0.2, 0.25) is 23.6 Å². The molecule has 1 saturated heterocycles. The molecule has 300 valence electrons. The van der Waals surface area contributed by atoms with Crippen molar-refractivity contribution in [2.45, 2.75) is 117 Å². The Kier molecular flexibility index (Phi) is 18.6. The van der Waals surface area contributed by atoms with Gasteiger partial charge in [-0.3, -0.25) is 24.0 Å². The average Bonchev–Trinajstić information content (AvgIpc) is 3.56. The molecule has 2 rings (SSSR count). The summed E-state index contributed by atoms with van der Waals surface area (Å²) < 4.78 is 17.6. The zero-order valence-corrected chi connectivity index (χ0v) is 34.4. The van der Waals surface area contributed by atoms with Crippen LogP contribution < -0.4 is 16.0 Å². The van der Waals surface area contributed by atoms with Crippen molar-refractivity contribution in [3.63, 3.8) is 0 Å². The van der Waals surface area contributed by atoms with Gasteiger partial charge in [-0.2, -0.15) is 0 Å². The SMILES string of the molecule is CC[C@H](C)[C@@H]([C@H](CC(=O)N1C[C@H](OC)C[C@H]1[C@H](OC)[C@@H](C)C(=O)NCC(=O)c1ccc(C)cc1)OC)N(C)C(=O)[C@@H](NC(=O)[C@@H](NC)C(C)C)C(C)C. The van der Waals surface area contributed by atoms with Gasteiger partial charge in [0.05, 0.1) is 55.3 Å². The Morgan fingerprint density at radius 2 is 1.51 bits per heavy atom. The Morgan fingerprint density at radius 3 is 2.00 bits per heavy atom. The zero-order chi connectivity index (χ0) is 40.2. The molecule has 1 aromatic carbocycles. The topological polar surface area (TPSA) is 156 Å². The second-order valence-corrected chi connectivity index (χ2v) is 15.2. The average molecular weight is 746 g/mol. The highest BCUT2D eigenvalue weighted by Gasteiger charge is 2.45. The van der Waals surface area contributed by atoms with Gasteiger partial charge < -0.3 is 40.0 Å². The Morgan fingerprint density at radius 1 is 0.906 bits per heavy atom. The monoisotopic (exact) mass is 745 g/mol. The molecule has 0 bridgehead atoms. The molecule has 1 aromatic rings. The van der Waals surface area contributed by atoms with Gasteiger partial charge in [0.1, 0.15) is 6.04 Å². The molecule has 1 aliphatic rings. The number of nitrogens with one attached hydrogen (secondary N) is 3. The third kappa shape index (κ3) is 12.1. The molecule has 9 atom stereocenters. The highest BCUT2D eigenvalue weighted by molar-refractivity contribution is 5.99. The van der Waals surface area contributed by atoms with Crippen molar-refractivity contribution in [3.05, 3.63) is 35.4 Å². The van der Waals surface area contributed by atoms with Crippen LogP contribution in [0.15, 0.2) is 24.3 Å².